The molecule has 0 aromatic heterocycles. The zero-order valence-electron chi connectivity index (χ0n) is 8.71. The van der Waals surface area contributed by atoms with Crippen molar-refractivity contribution in [2.45, 2.75) is 58.0 Å². The minimum absolute atomic E-state index is 0.192. The number of aliphatic hydroxyl groups excluding tert-OH is 1. The summed E-state index contributed by atoms with van der Waals surface area (Å²) in [6.45, 7) is 1.98. The van der Waals surface area contributed by atoms with Crippen LogP contribution in [0.1, 0.15) is 51.9 Å². The molecule has 0 heterocycles. The van der Waals surface area contributed by atoms with Gasteiger partial charge >= 0.3 is 0 Å². The monoisotopic (exact) mass is 182 g/mol. The lowest BCUT2D eigenvalue weighted by Crippen LogP contribution is -2.19. The van der Waals surface area contributed by atoms with E-state index >= 15 is 0 Å². The second-order valence-corrected chi connectivity index (χ2v) is 4.12. The Kier molecular flexibility index (Phi) is 5.14. The number of rotatable bonds is 2. The van der Waals surface area contributed by atoms with Gasteiger partial charge in [0.15, 0.2) is 0 Å². The molecule has 13 heavy (non-hydrogen) atoms. The van der Waals surface area contributed by atoms with Crippen molar-refractivity contribution >= 4 is 0 Å². The van der Waals surface area contributed by atoms with Gasteiger partial charge in [-0.3, -0.25) is 0 Å². The lowest BCUT2D eigenvalue weighted by atomic mass is 9.87. The van der Waals surface area contributed by atoms with E-state index in [0.717, 1.165) is 0 Å². The second-order valence-electron chi connectivity index (χ2n) is 4.12. The molecule has 0 bridgehead atoms. The minimum Gasteiger partial charge on any atom is -0.389 e. The molecule has 0 aromatic carbocycles. The predicted molar refractivity (Wildman–Crippen MR) is 56.6 cm³/mol. The van der Waals surface area contributed by atoms with Gasteiger partial charge < -0.3 is 5.11 Å². The summed E-state index contributed by atoms with van der Waals surface area (Å²) in [4.78, 5) is 0. The minimum atomic E-state index is -0.192. The van der Waals surface area contributed by atoms with Crippen molar-refractivity contribution in [3.05, 3.63) is 12.2 Å². The Morgan fingerprint density at radius 1 is 1.08 bits per heavy atom. The van der Waals surface area contributed by atoms with Crippen molar-refractivity contribution in [3.63, 3.8) is 0 Å². The molecule has 76 valence electrons. The highest BCUT2D eigenvalue weighted by Gasteiger charge is 2.17. The van der Waals surface area contributed by atoms with Crippen LogP contribution in [0.2, 0.25) is 0 Å². The third kappa shape index (κ3) is 3.95. The van der Waals surface area contributed by atoms with Crippen molar-refractivity contribution in [1.29, 1.82) is 0 Å². The van der Waals surface area contributed by atoms with Gasteiger partial charge in [0.25, 0.3) is 0 Å². The van der Waals surface area contributed by atoms with E-state index in [9.17, 15) is 5.11 Å². The fourth-order valence-corrected chi connectivity index (χ4v) is 2.18. The van der Waals surface area contributed by atoms with Crippen LogP contribution in [0.25, 0.3) is 0 Å². The number of aliphatic hydroxyl groups is 1. The Morgan fingerprint density at radius 2 is 1.62 bits per heavy atom. The van der Waals surface area contributed by atoms with Gasteiger partial charge in [-0.15, -0.1) is 0 Å². The lowest BCUT2D eigenvalue weighted by Gasteiger charge is -2.22. The molecule has 0 aliphatic heterocycles. The second kappa shape index (κ2) is 6.20. The zero-order chi connectivity index (χ0) is 9.52. The molecule has 1 rings (SSSR count). The van der Waals surface area contributed by atoms with Gasteiger partial charge in [-0.1, -0.05) is 44.3 Å². The maximum absolute atomic E-state index is 9.80. The van der Waals surface area contributed by atoms with Gasteiger partial charge in [-0.2, -0.15) is 0 Å². The van der Waals surface area contributed by atoms with E-state index < -0.39 is 0 Å². The average molecular weight is 182 g/mol. The van der Waals surface area contributed by atoms with E-state index in [1.54, 1.807) is 0 Å². The molecular formula is C12H22O. The van der Waals surface area contributed by atoms with Gasteiger partial charge in [0.1, 0.15) is 0 Å². The van der Waals surface area contributed by atoms with Crippen LogP contribution in [0.4, 0.5) is 0 Å². The van der Waals surface area contributed by atoms with Gasteiger partial charge in [-0.25, -0.2) is 0 Å². The molecule has 0 saturated heterocycles. The topological polar surface area (TPSA) is 20.2 Å². The highest BCUT2D eigenvalue weighted by atomic mass is 16.3. The smallest absolute Gasteiger partial charge is 0.0748 e. The van der Waals surface area contributed by atoms with E-state index in [1.807, 2.05) is 19.1 Å². The van der Waals surface area contributed by atoms with E-state index in [0.29, 0.717) is 5.92 Å². The molecule has 1 N–H and O–H groups in total. The van der Waals surface area contributed by atoms with Gasteiger partial charge in [0.2, 0.25) is 0 Å². The van der Waals surface area contributed by atoms with Crippen molar-refractivity contribution in [3.8, 4) is 0 Å². The van der Waals surface area contributed by atoms with Crippen LogP contribution < -0.4 is 0 Å². The molecule has 1 aliphatic rings. The summed E-state index contributed by atoms with van der Waals surface area (Å²) in [6, 6.07) is 0. The van der Waals surface area contributed by atoms with Crippen LogP contribution >= 0.6 is 0 Å². The van der Waals surface area contributed by atoms with Gasteiger partial charge in [0.05, 0.1) is 6.10 Å². The van der Waals surface area contributed by atoms with Crippen LogP contribution in [0.3, 0.4) is 0 Å². The molecule has 0 aromatic rings. The Morgan fingerprint density at radius 3 is 2.15 bits per heavy atom. The summed E-state index contributed by atoms with van der Waals surface area (Å²) in [5.74, 6) is 0.525. The normalized spacial score (nSPS) is 24.2. The molecule has 1 saturated carbocycles. The highest BCUT2D eigenvalue weighted by molar-refractivity contribution is 4.89. The van der Waals surface area contributed by atoms with E-state index in [1.165, 1.54) is 44.9 Å². The molecule has 1 fully saturated rings. The van der Waals surface area contributed by atoms with Crippen LogP contribution in [-0.4, -0.2) is 11.2 Å². The van der Waals surface area contributed by atoms with Crippen LogP contribution in [0, 0.1) is 5.92 Å². The summed E-state index contributed by atoms with van der Waals surface area (Å²) in [5, 5.41) is 9.80. The van der Waals surface area contributed by atoms with Crippen LogP contribution in [0.5, 0.6) is 0 Å². The molecule has 0 radical (unpaired) electrons. The molecule has 0 amide bonds. The number of allylic oxidation sites excluding steroid dienone is 1. The lowest BCUT2D eigenvalue weighted by molar-refractivity contribution is 0.132. The van der Waals surface area contributed by atoms with Crippen molar-refractivity contribution in [1.82, 2.24) is 0 Å². The largest absolute Gasteiger partial charge is 0.389 e. The average Bonchev–Trinajstić information content (AvgIpc) is 2.03. The third-order valence-corrected chi connectivity index (χ3v) is 3.02. The fourth-order valence-electron chi connectivity index (χ4n) is 2.18. The highest BCUT2D eigenvalue weighted by Crippen LogP contribution is 2.25. The molecule has 1 heteroatoms. The quantitative estimate of drug-likeness (QED) is 0.650. The third-order valence-electron chi connectivity index (χ3n) is 3.02. The summed E-state index contributed by atoms with van der Waals surface area (Å²) in [5.41, 5.74) is 0. The molecular weight excluding hydrogens is 160 g/mol. The van der Waals surface area contributed by atoms with Crippen molar-refractivity contribution < 1.29 is 5.11 Å². The fraction of sp³-hybridized carbons (Fsp3) is 0.833. The van der Waals surface area contributed by atoms with E-state index in [2.05, 4.69) is 0 Å². The van der Waals surface area contributed by atoms with Gasteiger partial charge in [-0.05, 0) is 25.7 Å². The Labute approximate surface area is 81.9 Å². The summed E-state index contributed by atoms with van der Waals surface area (Å²) < 4.78 is 0. The Balaban J connectivity index is 2.36. The van der Waals surface area contributed by atoms with E-state index in [4.69, 9.17) is 0 Å². The summed E-state index contributed by atoms with van der Waals surface area (Å²) in [6.07, 6.45) is 12.9. The first kappa shape index (κ1) is 10.8. The summed E-state index contributed by atoms with van der Waals surface area (Å²) >= 11 is 0. The Hall–Kier alpha value is -0.300. The summed E-state index contributed by atoms with van der Waals surface area (Å²) in [7, 11) is 0. The van der Waals surface area contributed by atoms with Crippen molar-refractivity contribution in [2.75, 3.05) is 0 Å². The maximum Gasteiger partial charge on any atom is 0.0748 e. The molecule has 1 nitrogen and oxygen atoms in total. The first-order valence-corrected chi connectivity index (χ1v) is 5.65. The standard InChI is InChI=1S/C12H22O/c1-2-8-12(13)11-9-6-4-3-5-7-10-11/h2,8,11-13H,3-7,9-10H2,1H3/b8-2+/t12-/m0/s1. The molecule has 1 atom stereocenters. The van der Waals surface area contributed by atoms with Crippen LogP contribution in [0.15, 0.2) is 12.2 Å². The first-order valence-electron chi connectivity index (χ1n) is 5.65. The SMILES string of the molecule is C/C=C/[C@H](O)C1CCCCCCC1. The number of hydrogen-bond donors (Lipinski definition) is 1. The van der Waals surface area contributed by atoms with E-state index in [-0.39, 0.29) is 6.10 Å². The number of hydrogen-bond acceptors (Lipinski definition) is 1. The molecule has 0 unspecified atom stereocenters. The Bertz CT molecular complexity index is 143. The molecule has 0 spiro atoms. The predicted octanol–water partition coefficient (Wildman–Crippen LogP) is 3.28. The van der Waals surface area contributed by atoms with Crippen molar-refractivity contribution in [2.24, 2.45) is 5.92 Å². The zero-order valence-corrected chi connectivity index (χ0v) is 8.71. The van der Waals surface area contributed by atoms with Crippen LogP contribution in [-0.2, 0) is 0 Å². The first-order chi connectivity index (χ1) is 6.34. The van der Waals surface area contributed by atoms with Gasteiger partial charge in [0, 0.05) is 0 Å². The maximum atomic E-state index is 9.80. The molecule has 1 aliphatic carbocycles.